The van der Waals surface area contributed by atoms with Gasteiger partial charge in [-0.2, -0.15) is 0 Å². The molecular weight excluding hydrogens is 419 g/mol. The number of hydrogen-bond donors (Lipinski definition) is 3. The predicted molar refractivity (Wildman–Crippen MR) is 120 cm³/mol. The van der Waals surface area contributed by atoms with Gasteiger partial charge in [0.25, 0.3) is 0 Å². The molecule has 1 aliphatic carbocycles. The lowest BCUT2D eigenvalue weighted by Gasteiger charge is -2.30. The number of nitrogens with zero attached hydrogens (tertiary/aromatic N) is 4. The number of aromatic amines is 1. The number of fused-ring (bicyclic) bond motifs is 1. The van der Waals surface area contributed by atoms with Gasteiger partial charge in [-0.15, -0.1) is 0 Å². The van der Waals surface area contributed by atoms with E-state index in [2.05, 4.69) is 37.4 Å². The van der Waals surface area contributed by atoms with Crippen LogP contribution in [0.1, 0.15) is 43.5 Å². The molecule has 1 saturated carbocycles. The van der Waals surface area contributed by atoms with Crippen molar-refractivity contribution in [1.82, 2.24) is 25.3 Å². The predicted octanol–water partition coefficient (Wildman–Crippen LogP) is 4.61. The number of pyridine rings is 1. The van der Waals surface area contributed by atoms with E-state index >= 15 is 0 Å². The van der Waals surface area contributed by atoms with Crippen molar-refractivity contribution in [1.29, 1.82) is 0 Å². The summed E-state index contributed by atoms with van der Waals surface area (Å²) in [5.41, 5.74) is 4.35. The summed E-state index contributed by atoms with van der Waals surface area (Å²) >= 11 is 5.84. The van der Waals surface area contributed by atoms with Gasteiger partial charge in [-0.25, -0.2) is 19.4 Å². The number of likely N-dealkylation sites (N-methyl/N-ethyl adjacent to an activating group) is 1. The molecule has 0 spiro atoms. The minimum absolute atomic E-state index is 0.0377. The van der Waals surface area contributed by atoms with Gasteiger partial charge in [-0.1, -0.05) is 30.9 Å². The Balaban J connectivity index is 1.56. The third kappa shape index (κ3) is 5.03. The Kier molecular flexibility index (Phi) is 6.80. The van der Waals surface area contributed by atoms with Crippen molar-refractivity contribution >= 4 is 34.3 Å². The van der Waals surface area contributed by atoms with Crippen LogP contribution in [0, 0.1) is 5.82 Å². The van der Waals surface area contributed by atoms with Crippen LogP contribution in [0.3, 0.4) is 0 Å². The molecule has 4 rings (SSSR count). The minimum atomic E-state index is -0.526. The molecule has 31 heavy (non-hydrogen) atoms. The van der Waals surface area contributed by atoms with Crippen LogP contribution in [0.4, 0.5) is 10.1 Å². The maximum atomic E-state index is 13.4. The quantitative estimate of drug-likeness (QED) is 0.293. The van der Waals surface area contributed by atoms with E-state index in [4.69, 9.17) is 11.6 Å². The Bertz CT molecular complexity index is 1080. The van der Waals surface area contributed by atoms with Gasteiger partial charge in [0.05, 0.1) is 16.2 Å². The van der Waals surface area contributed by atoms with E-state index in [1.54, 1.807) is 12.3 Å². The van der Waals surface area contributed by atoms with E-state index < -0.39 is 5.82 Å². The summed E-state index contributed by atoms with van der Waals surface area (Å²) in [6.07, 6.45) is 8.87. The average molecular weight is 445 g/mol. The van der Waals surface area contributed by atoms with Crippen molar-refractivity contribution in [3.63, 3.8) is 0 Å². The summed E-state index contributed by atoms with van der Waals surface area (Å²) in [5.74, 6) is 0.492. The van der Waals surface area contributed by atoms with Crippen molar-refractivity contribution in [2.45, 2.75) is 44.6 Å². The largest absolute Gasteiger partial charge is 0.340 e. The molecular formula is C22H26ClFN6O. The Morgan fingerprint density at radius 1 is 1.32 bits per heavy atom. The lowest BCUT2D eigenvalue weighted by atomic mass is 9.94. The molecule has 2 aromatic heterocycles. The second-order valence-electron chi connectivity index (χ2n) is 7.93. The van der Waals surface area contributed by atoms with E-state index in [-0.39, 0.29) is 10.9 Å². The maximum absolute atomic E-state index is 13.4. The molecule has 1 aromatic carbocycles. The van der Waals surface area contributed by atoms with Crippen molar-refractivity contribution in [2.24, 2.45) is 4.99 Å². The molecule has 0 atom stereocenters. The zero-order valence-corrected chi connectivity index (χ0v) is 18.2. The summed E-state index contributed by atoms with van der Waals surface area (Å²) in [6, 6.07) is 6.48. The lowest BCUT2D eigenvalue weighted by Crippen LogP contribution is -2.34. The zero-order chi connectivity index (χ0) is 21.8. The normalized spacial score (nSPS) is 15.7. The number of nitrogens with one attached hydrogen (secondary N) is 2. The number of aromatic nitrogens is 3. The highest BCUT2D eigenvalue weighted by atomic mass is 35.5. The van der Waals surface area contributed by atoms with Crippen LogP contribution in [0.15, 0.2) is 35.5 Å². The molecule has 0 unspecified atom stereocenters. The van der Waals surface area contributed by atoms with E-state index in [9.17, 15) is 9.60 Å². The first-order valence-corrected chi connectivity index (χ1v) is 10.9. The molecule has 0 amide bonds. The minimum Gasteiger partial charge on any atom is -0.340 e. The fourth-order valence-electron chi connectivity index (χ4n) is 4.09. The van der Waals surface area contributed by atoms with Crippen LogP contribution in [0.25, 0.3) is 11.2 Å². The van der Waals surface area contributed by atoms with Crippen LogP contribution in [-0.2, 0) is 6.42 Å². The van der Waals surface area contributed by atoms with Gasteiger partial charge < -0.3 is 9.88 Å². The molecule has 9 heteroatoms. The molecule has 0 saturated heterocycles. The molecule has 164 valence electrons. The van der Waals surface area contributed by atoms with Crippen LogP contribution in [0.5, 0.6) is 0 Å². The first kappa shape index (κ1) is 21.7. The van der Waals surface area contributed by atoms with E-state index in [0.29, 0.717) is 28.5 Å². The topological polar surface area (TPSA) is 89.4 Å². The fourth-order valence-corrected chi connectivity index (χ4v) is 4.27. The van der Waals surface area contributed by atoms with Crippen molar-refractivity contribution < 1.29 is 9.60 Å². The SMILES string of the molecule is CN(CCc1nc2nccc(C(=Nc3ccc(F)c(Cl)c3)NO)c2[nH]1)C1CCCCC1. The van der Waals surface area contributed by atoms with Crippen LogP contribution in [-0.4, -0.2) is 50.5 Å². The molecule has 0 radical (unpaired) electrons. The highest BCUT2D eigenvalue weighted by Gasteiger charge is 2.19. The Morgan fingerprint density at radius 3 is 2.87 bits per heavy atom. The second kappa shape index (κ2) is 9.72. The molecule has 3 N–H and O–H groups in total. The van der Waals surface area contributed by atoms with Gasteiger partial charge in [0.2, 0.25) is 0 Å². The molecule has 3 aromatic rings. The van der Waals surface area contributed by atoms with Crippen LogP contribution in [0.2, 0.25) is 5.02 Å². The van der Waals surface area contributed by atoms with Gasteiger partial charge in [0, 0.05) is 30.8 Å². The molecule has 0 aliphatic heterocycles. The zero-order valence-electron chi connectivity index (χ0n) is 17.4. The summed E-state index contributed by atoms with van der Waals surface area (Å²) in [5, 5.41) is 9.66. The van der Waals surface area contributed by atoms with Crippen molar-refractivity contribution in [2.75, 3.05) is 13.6 Å². The fraction of sp³-hybridized carbons (Fsp3) is 0.409. The number of rotatable bonds is 6. The monoisotopic (exact) mass is 444 g/mol. The summed E-state index contributed by atoms with van der Waals surface area (Å²) in [6.45, 7) is 0.910. The number of imidazole rings is 1. The number of aliphatic imine (C=N–C) groups is 1. The number of H-pyrrole nitrogens is 1. The highest BCUT2D eigenvalue weighted by Crippen LogP contribution is 2.24. The molecule has 1 aliphatic rings. The molecule has 1 fully saturated rings. The smallest absolute Gasteiger partial charge is 0.178 e. The van der Waals surface area contributed by atoms with Crippen molar-refractivity contribution in [3.05, 3.63) is 52.7 Å². The standard InChI is InChI=1S/C22H26ClFN6O/c1-30(15-5-3-2-4-6-15)12-10-19-27-20-16(9-11-25-22(20)28-19)21(29-31)26-14-7-8-18(24)17(23)13-14/h7-9,11,13,15,31H,2-6,10,12H2,1H3,(H,26,29)(H,25,27,28). The van der Waals surface area contributed by atoms with E-state index in [0.717, 1.165) is 18.8 Å². The lowest BCUT2D eigenvalue weighted by molar-refractivity contribution is 0.193. The third-order valence-electron chi connectivity index (χ3n) is 5.85. The van der Waals surface area contributed by atoms with Crippen LogP contribution < -0.4 is 5.48 Å². The third-order valence-corrected chi connectivity index (χ3v) is 6.14. The van der Waals surface area contributed by atoms with Gasteiger partial charge in [-0.3, -0.25) is 10.7 Å². The van der Waals surface area contributed by atoms with Crippen molar-refractivity contribution in [3.8, 4) is 0 Å². The van der Waals surface area contributed by atoms with Gasteiger partial charge in [-0.05, 0) is 44.2 Å². The maximum Gasteiger partial charge on any atom is 0.178 e. The summed E-state index contributed by atoms with van der Waals surface area (Å²) in [4.78, 5) is 19.1. The first-order valence-electron chi connectivity index (χ1n) is 10.5. The Morgan fingerprint density at radius 2 is 2.13 bits per heavy atom. The van der Waals surface area contributed by atoms with E-state index in [1.165, 1.54) is 50.3 Å². The second-order valence-corrected chi connectivity index (χ2v) is 8.34. The number of hydroxylamine groups is 1. The van der Waals surface area contributed by atoms with E-state index in [1.807, 2.05) is 0 Å². The molecule has 2 heterocycles. The van der Waals surface area contributed by atoms with Gasteiger partial charge >= 0.3 is 0 Å². The highest BCUT2D eigenvalue weighted by molar-refractivity contribution is 6.31. The Hall–Kier alpha value is -2.55. The number of halogens is 2. The summed E-state index contributed by atoms with van der Waals surface area (Å²) in [7, 11) is 2.18. The van der Waals surface area contributed by atoms with Gasteiger partial charge in [0.1, 0.15) is 11.6 Å². The number of hydrogen-bond acceptors (Lipinski definition) is 5. The molecule has 0 bridgehead atoms. The first-order chi connectivity index (χ1) is 15.0. The Labute approximate surface area is 185 Å². The molecule has 7 nitrogen and oxygen atoms in total. The number of amidine groups is 1. The van der Waals surface area contributed by atoms with Crippen LogP contribution >= 0.6 is 11.6 Å². The summed E-state index contributed by atoms with van der Waals surface area (Å²) < 4.78 is 13.4. The average Bonchev–Trinajstić information content (AvgIpc) is 3.22. The van der Waals surface area contributed by atoms with Gasteiger partial charge in [0.15, 0.2) is 11.5 Å². The number of benzene rings is 1.